The molecule has 0 aromatic heterocycles. The van der Waals surface area contributed by atoms with Crippen LogP contribution in [0.3, 0.4) is 0 Å². The first kappa shape index (κ1) is 26.9. The molecule has 1 heterocycles. The minimum Gasteiger partial charge on any atom is -0.368 e. The number of nitro benzene ring substituents is 1. The lowest BCUT2D eigenvalue weighted by molar-refractivity contribution is -0.384. The van der Waals surface area contributed by atoms with Gasteiger partial charge in [0.05, 0.1) is 21.1 Å². The van der Waals surface area contributed by atoms with Crippen LogP contribution in [-0.4, -0.2) is 56.9 Å². The van der Waals surface area contributed by atoms with Crippen LogP contribution in [0.2, 0.25) is 0 Å². The number of halogens is 3. The number of piperazine rings is 1. The highest BCUT2D eigenvalue weighted by Gasteiger charge is 2.32. The van der Waals surface area contributed by atoms with Crippen molar-refractivity contribution >= 4 is 33.0 Å². The fraction of sp³-hybridized carbons (Fsp3) is 0.240. The van der Waals surface area contributed by atoms with Gasteiger partial charge in [0, 0.05) is 44.0 Å². The third-order valence-corrected chi connectivity index (χ3v) is 7.92. The zero-order chi connectivity index (χ0) is 27.5. The molecule has 0 unspecified atom stereocenters. The van der Waals surface area contributed by atoms with Gasteiger partial charge >= 0.3 is 6.18 Å². The van der Waals surface area contributed by atoms with Crippen molar-refractivity contribution in [1.82, 2.24) is 4.90 Å². The summed E-state index contributed by atoms with van der Waals surface area (Å²) < 4.78 is 67.0. The summed E-state index contributed by atoms with van der Waals surface area (Å²) in [6, 6.07) is 17.2. The Morgan fingerprint density at radius 1 is 0.921 bits per heavy atom. The number of nitro groups is 1. The first-order valence-corrected chi connectivity index (χ1v) is 12.9. The van der Waals surface area contributed by atoms with E-state index in [0.717, 1.165) is 28.6 Å². The molecule has 9 nitrogen and oxygen atoms in total. The number of carbonyl (C=O) groups excluding carboxylic acids is 1. The number of carbonyl (C=O) groups is 1. The number of anilines is 2. The van der Waals surface area contributed by atoms with E-state index >= 15 is 0 Å². The van der Waals surface area contributed by atoms with Gasteiger partial charge in [-0.05, 0) is 42.5 Å². The van der Waals surface area contributed by atoms with E-state index in [1.54, 1.807) is 17.0 Å². The van der Waals surface area contributed by atoms with Crippen molar-refractivity contribution in [2.24, 2.45) is 0 Å². The van der Waals surface area contributed by atoms with E-state index < -0.39 is 39.1 Å². The zero-order valence-corrected chi connectivity index (χ0v) is 20.7. The van der Waals surface area contributed by atoms with Crippen LogP contribution in [0.5, 0.6) is 0 Å². The molecule has 0 atom stereocenters. The van der Waals surface area contributed by atoms with E-state index in [0.29, 0.717) is 5.69 Å². The molecule has 1 fully saturated rings. The second-order valence-electron chi connectivity index (χ2n) is 8.51. The topological polar surface area (TPSA) is 104 Å². The van der Waals surface area contributed by atoms with Gasteiger partial charge < -0.3 is 9.80 Å². The van der Waals surface area contributed by atoms with E-state index in [1.807, 2.05) is 0 Å². The average molecular weight is 549 g/mol. The monoisotopic (exact) mass is 548 g/mol. The van der Waals surface area contributed by atoms with Gasteiger partial charge in [0.1, 0.15) is 6.54 Å². The summed E-state index contributed by atoms with van der Waals surface area (Å²) in [6.45, 7) is 0.313. The molecule has 1 aliphatic rings. The summed E-state index contributed by atoms with van der Waals surface area (Å²) in [6.07, 6.45) is -4.47. The lowest BCUT2D eigenvalue weighted by atomic mass is 10.1. The Labute approximate surface area is 216 Å². The summed E-state index contributed by atoms with van der Waals surface area (Å²) >= 11 is 0. The molecule has 0 bridgehead atoms. The number of alkyl halides is 3. The maximum absolute atomic E-state index is 13.4. The molecule has 0 aliphatic carbocycles. The van der Waals surface area contributed by atoms with E-state index in [4.69, 9.17) is 0 Å². The molecular formula is C25H23F3N4O5S. The number of non-ortho nitro benzene ring substituents is 1. The van der Waals surface area contributed by atoms with Crippen LogP contribution in [0, 0.1) is 10.1 Å². The second-order valence-corrected chi connectivity index (χ2v) is 10.4. The minimum atomic E-state index is -4.47. The number of rotatable bonds is 7. The van der Waals surface area contributed by atoms with Gasteiger partial charge in [0.15, 0.2) is 0 Å². The standard InChI is InChI=1S/C25H23F3N4O5S/c26-25(27,28)19-5-4-6-22(17-19)29-13-15-30(16-14-29)24(33)18-31(20-9-11-21(12-10-20)32(34)35)38(36,37)23-7-2-1-3-8-23/h1-12,17H,13-16,18H2. The van der Waals surface area contributed by atoms with Gasteiger partial charge in [-0.3, -0.25) is 19.2 Å². The van der Waals surface area contributed by atoms with Crippen LogP contribution in [0.25, 0.3) is 0 Å². The highest BCUT2D eigenvalue weighted by Crippen LogP contribution is 2.32. The number of benzene rings is 3. The largest absolute Gasteiger partial charge is 0.416 e. The molecule has 13 heteroatoms. The van der Waals surface area contributed by atoms with E-state index in [2.05, 4.69) is 0 Å². The Morgan fingerprint density at radius 3 is 2.13 bits per heavy atom. The van der Waals surface area contributed by atoms with Gasteiger partial charge in [-0.2, -0.15) is 13.2 Å². The SMILES string of the molecule is O=C(CN(c1ccc([N+](=O)[O-])cc1)S(=O)(=O)c1ccccc1)N1CCN(c2cccc(C(F)(F)F)c2)CC1. The zero-order valence-electron chi connectivity index (χ0n) is 19.9. The summed E-state index contributed by atoms with van der Waals surface area (Å²) in [7, 11) is -4.19. The van der Waals surface area contributed by atoms with Gasteiger partial charge in [-0.15, -0.1) is 0 Å². The fourth-order valence-corrected chi connectivity index (χ4v) is 5.53. The van der Waals surface area contributed by atoms with Crippen molar-refractivity contribution < 1.29 is 31.3 Å². The summed E-state index contributed by atoms with van der Waals surface area (Å²) in [5, 5.41) is 11.0. The van der Waals surface area contributed by atoms with Crippen LogP contribution in [0.4, 0.5) is 30.2 Å². The highest BCUT2D eigenvalue weighted by molar-refractivity contribution is 7.92. The number of hydrogen-bond acceptors (Lipinski definition) is 6. The molecule has 1 aliphatic heterocycles. The quantitative estimate of drug-likeness (QED) is 0.325. The van der Waals surface area contributed by atoms with Crippen LogP contribution in [0.1, 0.15) is 5.56 Å². The Kier molecular flexibility index (Phi) is 7.58. The smallest absolute Gasteiger partial charge is 0.368 e. The Hall–Kier alpha value is -4.13. The lowest BCUT2D eigenvalue weighted by Crippen LogP contribution is -2.52. The predicted molar refractivity (Wildman–Crippen MR) is 134 cm³/mol. The van der Waals surface area contributed by atoms with E-state index in [9.17, 15) is 36.5 Å². The van der Waals surface area contributed by atoms with Crippen molar-refractivity contribution in [2.45, 2.75) is 11.1 Å². The molecule has 38 heavy (non-hydrogen) atoms. The van der Waals surface area contributed by atoms with Crippen molar-refractivity contribution in [3.05, 3.63) is 94.5 Å². The molecule has 0 spiro atoms. The maximum Gasteiger partial charge on any atom is 0.416 e. The van der Waals surface area contributed by atoms with Gasteiger partial charge in [-0.1, -0.05) is 24.3 Å². The number of sulfonamides is 1. The Bertz CT molecular complexity index is 1410. The normalized spacial score (nSPS) is 14.3. The Morgan fingerprint density at radius 2 is 1.55 bits per heavy atom. The van der Waals surface area contributed by atoms with Crippen LogP contribution in [0.15, 0.2) is 83.8 Å². The van der Waals surface area contributed by atoms with Crippen LogP contribution >= 0.6 is 0 Å². The first-order valence-electron chi connectivity index (χ1n) is 11.5. The molecule has 0 saturated carbocycles. The fourth-order valence-electron chi connectivity index (χ4n) is 4.09. The molecule has 3 aromatic rings. The maximum atomic E-state index is 13.4. The number of hydrogen-bond donors (Lipinski definition) is 0. The molecule has 4 rings (SSSR count). The van der Waals surface area contributed by atoms with Gasteiger partial charge in [0.2, 0.25) is 5.91 Å². The van der Waals surface area contributed by atoms with Crippen molar-refractivity contribution in [3.8, 4) is 0 Å². The predicted octanol–water partition coefficient (Wildman–Crippen LogP) is 4.16. The highest BCUT2D eigenvalue weighted by atomic mass is 32.2. The molecule has 1 amide bonds. The lowest BCUT2D eigenvalue weighted by Gasteiger charge is -2.37. The van der Waals surface area contributed by atoms with Crippen LogP contribution in [-0.2, 0) is 21.0 Å². The molecule has 0 radical (unpaired) electrons. The van der Waals surface area contributed by atoms with Crippen molar-refractivity contribution in [2.75, 3.05) is 41.9 Å². The molecule has 3 aromatic carbocycles. The minimum absolute atomic E-state index is 0.0551. The van der Waals surface area contributed by atoms with Gasteiger partial charge in [-0.25, -0.2) is 8.42 Å². The van der Waals surface area contributed by atoms with Crippen molar-refractivity contribution in [3.63, 3.8) is 0 Å². The third kappa shape index (κ3) is 5.88. The Balaban J connectivity index is 1.52. The summed E-state index contributed by atoms with van der Waals surface area (Å²) in [4.78, 5) is 26.7. The molecule has 1 saturated heterocycles. The van der Waals surface area contributed by atoms with E-state index in [-0.39, 0.29) is 42.4 Å². The molecule has 0 N–H and O–H groups in total. The third-order valence-electron chi connectivity index (χ3n) is 6.13. The van der Waals surface area contributed by atoms with Crippen molar-refractivity contribution in [1.29, 1.82) is 0 Å². The first-order chi connectivity index (χ1) is 18.0. The molecule has 200 valence electrons. The van der Waals surface area contributed by atoms with Gasteiger partial charge in [0.25, 0.3) is 15.7 Å². The summed E-state index contributed by atoms with van der Waals surface area (Å²) in [5.74, 6) is -0.508. The number of amides is 1. The summed E-state index contributed by atoms with van der Waals surface area (Å²) in [5.41, 5.74) is -0.539. The van der Waals surface area contributed by atoms with Crippen LogP contribution < -0.4 is 9.21 Å². The van der Waals surface area contributed by atoms with E-state index in [1.165, 1.54) is 47.4 Å². The average Bonchev–Trinajstić information content (AvgIpc) is 2.92. The molecular weight excluding hydrogens is 525 g/mol. The number of nitrogens with zero attached hydrogens (tertiary/aromatic N) is 4. The second kappa shape index (κ2) is 10.7.